The number of carbonyl (C=O) groups excluding carboxylic acids is 1. The van der Waals surface area contributed by atoms with Crippen LogP contribution in [-0.2, 0) is 15.7 Å². The minimum Gasteiger partial charge on any atom is -0.466 e. The number of halogens is 6. The Kier molecular flexibility index (Phi) is 7.36. The van der Waals surface area contributed by atoms with Gasteiger partial charge < -0.3 is 9.64 Å². The summed E-state index contributed by atoms with van der Waals surface area (Å²) in [6.45, 7) is 1.77. The SMILES string of the molecule is CCOC(=O)C[C@H](CN1CCC[C@H](c2cccc(C(F)(F)F)c2)C1)C(F)(F)F. The van der Waals surface area contributed by atoms with Crippen LogP contribution in [0, 0.1) is 5.92 Å². The van der Waals surface area contributed by atoms with E-state index >= 15 is 0 Å². The van der Waals surface area contributed by atoms with E-state index in [1.54, 1.807) is 11.0 Å². The van der Waals surface area contributed by atoms with Gasteiger partial charge in [-0.25, -0.2) is 0 Å². The van der Waals surface area contributed by atoms with E-state index < -0.39 is 36.2 Å². The number of piperidine rings is 1. The van der Waals surface area contributed by atoms with Gasteiger partial charge in [0.2, 0.25) is 0 Å². The van der Waals surface area contributed by atoms with Crippen molar-refractivity contribution in [3.63, 3.8) is 0 Å². The lowest BCUT2D eigenvalue weighted by molar-refractivity contribution is -0.188. The number of ether oxygens (including phenoxy) is 1. The van der Waals surface area contributed by atoms with E-state index in [0.717, 1.165) is 12.1 Å². The Morgan fingerprint density at radius 2 is 1.96 bits per heavy atom. The van der Waals surface area contributed by atoms with Gasteiger partial charge in [0.15, 0.2) is 0 Å². The topological polar surface area (TPSA) is 29.5 Å². The van der Waals surface area contributed by atoms with E-state index in [4.69, 9.17) is 0 Å². The van der Waals surface area contributed by atoms with Crippen molar-refractivity contribution < 1.29 is 35.9 Å². The Labute approximate surface area is 159 Å². The first-order valence-corrected chi connectivity index (χ1v) is 9.12. The molecule has 0 radical (unpaired) electrons. The molecule has 1 aliphatic heterocycles. The fourth-order valence-electron chi connectivity index (χ4n) is 3.48. The second kappa shape index (κ2) is 9.15. The van der Waals surface area contributed by atoms with Crippen molar-refractivity contribution in [3.8, 4) is 0 Å². The summed E-state index contributed by atoms with van der Waals surface area (Å²) < 4.78 is 83.3. The average Bonchev–Trinajstić information content (AvgIpc) is 2.60. The van der Waals surface area contributed by atoms with Crippen molar-refractivity contribution in [1.82, 2.24) is 4.90 Å². The number of carbonyl (C=O) groups is 1. The minimum atomic E-state index is -4.56. The third-order valence-corrected chi connectivity index (χ3v) is 4.85. The van der Waals surface area contributed by atoms with Gasteiger partial charge >= 0.3 is 18.3 Å². The largest absolute Gasteiger partial charge is 0.466 e. The zero-order valence-corrected chi connectivity index (χ0v) is 15.4. The Morgan fingerprint density at radius 1 is 1.25 bits per heavy atom. The van der Waals surface area contributed by atoms with Crippen molar-refractivity contribution in [3.05, 3.63) is 35.4 Å². The highest BCUT2D eigenvalue weighted by atomic mass is 19.4. The zero-order valence-electron chi connectivity index (χ0n) is 15.4. The highest BCUT2D eigenvalue weighted by molar-refractivity contribution is 5.69. The summed E-state index contributed by atoms with van der Waals surface area (Å²) in [7, 11) is 0. The van der Waals surface area contributed by atoms with Crippen molar-refractivity contribution in [1.29, 1.82) is 0 Å². The molecule has 3 nitrogen and oxygen atoms in total. The standard InChI is InChI=1S/C19H23F6NO2/c1-2-28-17(27)10-16(19(23,24)25)12-26-8-4-6-14(11-26)13-5-3-7-15(9-13)18(20,21)22/h3,5,7,9,14,16H,2,4,6,8,10-12H2,1H3/t14-,16+/m0/s1. The van der Waals surface area contributed by atoms with Crippen LogP contribution < -0.4 is 0 Å². The second-order valence-corrected chi connectivity index (χ2v) is 6.97. The molecule has 158 valence electrons. The third-order valence-electron chi connectivity index (χ3n) is 4.85. The molecule has 2 rings (SSSR count). The van der Waals surface area contributed by atoms with Crippen molar-refractivity contribution >= 4 is 5.97 Å². The molecule has 0 unspecified atom stereocenters. The van der Waals surface area contributed by atoms with Crippen LogP contribution in [0.1, 0.15) is 43.2 Å². The second-order valence-electron chi connectivity index (χ2n) is 6.97. The number of benzene rings is 1. The number of likely N-dealkylation sites (tertiary alicyclic amines) is 1. The molecule has 0 aromatic heterocycles. The summed E-state index contributed by atoms with van der Waals surface area (Å²) in [6, 6.07) is 4.93. The summed E-state index contributed by atoms with van der Waals surface area (Å²) in [4.78, 5) is 13.1. The summed E-state index contributed by atoms with van der Waals surface area (Å²) in [6.07, 6.45) is -8.61. The van der Waals surface area contributed by atoms with E-state index in [-0.39, 0.29) is 25.6 Å². The fourth-order valence-corrected chi connectivity index (χ4v) is 3.48. The number of hydrogen-bond acceptors (Lipinski definition) is 3. The van der Waals surface area contributed by atoms with Gasteiger partial charge in [-0.15, -0.1) is 0 Å². The summed E-state index contributed by atoms with van der Waals surface area (Å²) in [5.74, 6) is -3.06. The van der Waals surface area contributed by atoms with Gasteiger partial charge in [-0.2, -0.15) is 26.3 Å². The molecule has 1 saturated heterocycles. The molecule has 1 fully saturated rings. The molecule has 0 aliphatic carbocycles. The van der Waals surface area contributed by atoms with Crippen molar-refractivity contribution in [2.75, 3.05) is 26.2 Å². The van der Waals surface area contributed by atoms with Gasteiger partial charge in [0.25, 0.3) is 0 Å². The van der Waals surface area contributed by atoms with E-state index in [2.05, 4.69) is 4.74 Å². The maximum absolute atomic E-state index is 13.3. The summed E-state index contributed by atoms with van der Waals surface area (Å²) in [5, 5.41) is 0. The van der Waals surface area contributed by atoms with Crippen LogP contribution in [0.4, 0.5) is 26.3 Å². The molecule has 2 atom stereocenters. The van der Waals surface area contributed by atoms with Crippen molar-refractivity contribution in [2.45, 2.75) is 44.5 Å². The van der Waals surface area contributed by atoms with Crippen LogP contribution in [0.15, 0.2) is 24.3 Å². The number of alkyl halides is 6. The number of hydrogen-bond donors (Lipinski definition) is 0. The maximum Gasteiger partial charge on any atom is 0.416 e. The first kappa shape index (κ1) is 22.5. The molecule has 28 heavy (non-hydrogen) atoms. The van der Waals surface area contributed by atoms with Crippen LogP contribution in [0.25, 0.3) is 0 Å². The first-order chi connectivity index (χ1) is 13.0. The van der Waals surface area contributed by atoms with Crippen LogP contribution >= 0.6 is 0 Å². The van der Waals surface area contributed by atoms with E-state index in [9.17, 15) is 31.1 Å². The lowest BCUT2D eigenvalue weighted by Gasteiger charge is -2.35. The zero-order chi connectivity index (χ0) is 20.9. The van der Waals surface area contributed by atoms with Gasteiger partial charge in [-0.1, -0.05) is 18.2 Å². The molecule has 9 heteroatoms. The molecular weight excluding hydrogens is 388 g/mol. The monoisotopic (exact) mass is 411 g/mol. The molecule has 0 amide bonds. The predicted molar refractivity (Wildman–Crippen MR) is 90.7 cm³/mol. The third kappa shape index (κ3) is 6.39. The minimum absolute atomic E-state index is 0.00471. The first-order valence-electron chi connectivity index (χ1n) is 9.12. The molecular formula is C19H23F6NO2. The van der Waals surface area contributed by atoms with Gasteiger partial charge in [0, 0.05) is 13.1 Å². The van der Waals surface area contributed by atoms with Gasteiger partial charge in [0.1, 0.15) is 0 Å². The predicted octanol–water partition coefficient (Wildman–Crippen LogP) is 5.02. The van der Waals surface area contributed by atoms with Crippen LogP contribution in [0.5, 0.6) is 0 Å². The van der Waals surface area contributed by atoms with E-state index in [0.29, 0.717) is 24.9 Å². The lowest BCUT2D eigenvalue weighted by Crippen LogP contribution is -2.42. The Bertz CT molecular complexity index is 659. The quantitative estimate of drug-likeness (QED) is 0.487. The Morgan fingerprint density at radius 3 is 2.57 bits per heavy atom. The van der Waals surface area contributed by atoms with Crippen LogP contribution in [0.3, 0.4) is 0 Å². The summed E-state index contributed by atoms with van der Waals surface area (Å²) in [5.41, 5.74) is -0.300. The molecule has 0 N–H and O–H groups in total. The molecule has 1 aromatic rings. The Balaban J connectivity index is 2.08. The smallest absolute Gasteiger partial charge is 0.416 e. The number of nitrogens with zero attached hydrogens (tertiary/aromatic N) is 1. The lowest BCUT2D eigenvalue weighted by atomic mass is 9.89. The Hall–Kier alpha value is -1.77. The highest BCUT2D eigenvalue weighted by Crippen LogP contribution is 2.35. The maximum atomic E-state index is 13.3. The molecule has 0 spiro atoms. The van der Waals surface area contributed by atoms with Crippen LogP contribution in [-0.4, -0.2) is 43.3 Å². The van der Waals surface area contributed by atoms with Gasteiger partial charge in [0.05, 0.1) is 24.5 Å². The van der Waals surface area contributed by atoms with Crippen LogP contribution in [0.2, 0.25) is 0 Å². The molecule has 1 aliphatic rings. The van der Waals surface area contributed by atoms with Gasteiger partial charge in [-0.05, 0) is 43.9 Å². The van der Waals surface area contributed by atoms with Gasteiger partial charge in [-0.3, -0.25) is 4.79 Å². The molecule has 1 aromatic carbocycles. The molecule has 0 bridgehead atoms. The summed E-state index contributed by atoms with van der Waals surface area (Å²) >= 11 is 0. The molecule has 1 heterocycles. The van der Waals surface area contributed by atoms with E-state index in [1.807, 2.05) is 0 Å². The molecule has 0 saturated carbocycles. The average molecular weight is 411 g/mol. The van der Waals surface area contributed by atoms with Crippen molar-refractivity contribution in [2.24, 2.45) is 5.92 Å². The number of esters is 1. The number of rotatable bonds is 6. The fraction of sp³-hybridized carbons (Fsp3) is 0.632. The normalized spacial score (nSPS) is 20.0. The van der Waals surface area contributed by atoms with E-state index in [1.165, 1.54) is 13.0 Å². The highest BCUT2D eigenvalue weighted by Gasteiger charge is 2.42.